The molecule has 0 aliphatic rings. The highest BCUT2D eigenvalue weighted by Gasteiger charge is 2.14. The van der Waals surface area contributed by atoms with Crippen molar-refractivity contribution >= 4 is 28.2 Å². The molecular formula is C7H11FN4OS. The molecule has 7 heteroatoms. The number of rotatable bonds is 4. The quantitative estimate of drug-likeness (QED) is 0.686. The van der Waals surface area contributed by atoms with E-state index in [0.717, 1.165) is 11.3 Å². The molecule has 0 saturated carbocycles. The van der Waals surface area contributed by atoms with Gasteiger partial charge in [-0.15, -0.1) is 0 Å². The molecule has 4 N–H and O–H groups in total. The summed E-state index contributed by atoms with van der Waals surface area (Å²) >= 11 is 1.14. The molecule has 0 spiro atoms. The van der Waals surface area contributed by atoms with Gasteiger partial charge in [0.25, 0.3) is 5.91 Å². The van der Waals surface area contributed by atoms with E-state index in [-0.39, 0.29) is 18.3 Å². The van der Waals surface area contributed by atoms with E-state index in [2.05, 4.69) is 15.6 Å². The Morgan fingerprint density at radius 1 is 1.71 bits per heavy atom. The van der Waals surface area contributed by atoms with Crippen LogP contribution in [0.1, 0.15) is 9.67 Å². The molecule has 78 valence electrons. The molecule has 1 rings (SSSR count). The Morgan fingerprint density at radius 2 is 2.43 bits per heavy atom. The SMILES string of the molecule is CNc1nc(N)c(C(=O)NCCF)s1. The zero-order valence-electron chi connectivity index (χ0n) is 7.63. The first-order chi connectivity index (χ1) is 6.69. The predicted octanol–water partition coefficient (Wildman–Crippen LogP) is 0.466. The Kier molecular flexibility index (Phi) is 3.63. The summed E-state index contributed by atoms with van der Waals surface area (Å²) in [5.41, 5.74) is 5.49. The summed E-state index contributed by atoms with van der Waals surface area (Å²) in [7, 11) is 1.68. The topological polar surface area (TPSA) is 80.0 Å². The number of nitrogens with zero attached hydrogens (tertiary/aromatic N) is 1. The fourth-order valence-corrected chi connectivity index (χ4v) is 1.60. The third-order valence-electron chi connectivity index (χ3n) is 1.45. The van der Waals surface area contributed by atoms with Gasteiger partial charge < -0.3 is 16.4 Å². The van der Waals surface area contributed by atoms with Gasteiger partial charge in [-0.3, -0.25) is 4.79 Å². The number of aromatic nitrogens is 1. The van der Waals surface area contributed by atoms with E-state index < -0.39 is 6.67 Å². The van der Waals surface area contributed by atoms with Crippen LogP contribution < -0.4 is 16.4 Å². The fraction of sp³-hybridized carbons (Fsp3) is 0.429. The van der Waals surface area contributed by atoms with Gasteiger partial charge in [-0.1, -0.05) is 11.3 Å². The molecule has 0 saturated heterocycles. The van der Waals surface area contributed by atoms with Gasteiger partial charge in [0.05, 0.1) is 0 Å². The molecule has 1 aromatic rings. The van der Waals surface area contributed by atoms with Crippen LogP contribution in [0, 0.1) is 0 Å². The van der Waals surface area contributed by atoms with Crippen molar-refractivity contribution in [1.29, 1.82) is 0 Å². The summed E-state index contributed by atoms with van der Waals surface area (Å²) in [5, 5.41) is 5.71. The first-order valence-corrected chi connectivity index (χ1v) is 4.79. The average molecular weight is 218 g/mol. The van der Waals surface area contributed by atoms with Crippen molar-refractivity contribution in [2.45, 2.75) is 0 Å². The van der Waals surface area contributed by atoms with Gasteiger partial charge in [-0.25, -0.2) is 9.37 Å². The Hall–Kier alpha value is -1.37. The number of nitrogens with two attached hydrogens (primary N) is 1. The number of carbonyl (C=O) groups excluding carboxylic acids is 1. The van der Waals surface area contributed by atoms with Crippen LogP contribution in [0.5, 0.6) is 0 Å². The number of carbonyl (C=O) groups is 1. The first kappa shape index (κ1) is 10.7. The molecule has 1 amide bonds. The zero-order chi connectivity index (χ0) is 10.6. The number of thiazole rings is 1. The maximum atomic E-state index is 11.8. The normalized spacial score (nSPS) is 9.86. The molecule has 0 atom stereocenters. The van der Waals surface area contributed by atoms with Crippen LogP contribution in [-0.4, -0.2) is 31.2 Å². The number of alkyl halides is 1. The summed E-state index contributed by atoms with van der Waals surface area (Å²) in [6.07, 6.45) is 0. The van der Waals surface area contributed by atoms with E-state index in [1.165, 1.54) is 0 Å². The van der Waals surface area contributed by atoms with E-state index in [9.17, 15) is 9.18 Å². The van der Waals surface area contributed by atoms with Gasteiger partial charge in [-0.2, -0.15) is 0 Å². The molecule has 1 aromatic heterocycles. The molecule has 0 fully saturated rings. The van der Waals surface area contributed by atoms with Crippen molar-refractivity contribution in [3.8, 4) is 0 Å². The van der Waals surface area contributed by atoms with Crippen LogP contribution >= 0.6 is 11.3 Å². The Morgan fingerprint density at radius 3 is 2.93 bits per heavy atom. The maximum Gasteiger partial charge on any atom is 0.265 e. The largest absolute Gasteiger partial charge is 0.382 e. The van der Waals surface area contributed by atoms with E-state index in [1.807, 2.05) is 0 Å². The van der Waals surface area contributed by atoms with Crippen molar-refractivity contribution < 1.29 is 9.18 Å². The fourth-order valence-electron chi connectivity index (χ4n) is 0.843. The van der Waals surface area contributed by atoms with Gasteiger partial charge in [0.2, 0.25) is 0 Å². The minimum atomic E-state index is -0.594. The minimum absolute atomic E-state index is 0.00887. The van der Waals surface area contributed by atoms with Gasteiger partial charge in [0, 0.05) is 13.6 Å². The first-order valence-electron chi connectivity index (χ1n) is 3.97. The number of hydrogen-bond donors (Lipinski definition) is 3. The van der Waals surface area contributed by atoms with Crippen LogP contribution in [0.3, 0.4) is 0 Å². The molecule has 0 aliphatic heterocycles. The van der Waals surface area contributed by atoms with Crippen molar-refractivity contribution in [2.24, 2.45) is 0 Å². The summed E-state index contributed by atoms with van der Waals surface area (Å²) in [6.45, 7) is -0.603. The monoisotopic (exact) mass is 218 g/mol. The van der Waals surface area contributed by atoms with Crippen molar-refractivity contribution in [3.63, 3.8) is 0 Å². The van der Waals surface area contributed by atoms with Crippen LogP contribution in [0.4, 0.5) is 15.3 Å². The lowest BCUT2D eigenvalue weighted by molar-refractivity contribution is 0.0955. The molecule has 0 radical (unpaired) electrons. The van der Waals surface area contributed by atoms with Gasteiger partial charge in [0.1, 0.15) is 17.4 Å². The third-order valence-corrected chi connectivity index (χ3v) is 2.54. The molecular weight excluding hydrogens is 207 g/mol. The lowest BCUT2D eigenvalue weighted by Crippen LogP contribution is -2.25. The highest BCUT2D eigenvalue weighted by Crippen LogP contribution is 2.23. The number of nitrogens with one attached hydrogen (secondary N) is 2. The van der Waals surface area contributed by atoms with Gasteiger partial charge >= 0.3 is 0 Å². The third kappa shape index (κ3) is 2.32. The van der Waals surface area contributed by atoms with Crippen molar-refractivity contribution in [3.05, 3.63) is 4.88 Å². The molecule has 14 heavy (non-hydrogen) atoms. The van der Waals surface area contributed by atoms with Gasteiger partial charge in [0.15, 0.2) is 5.13 Å². The molecule has 0 aliphatic carbocycles. The molecule has 0 bridgehead atoms. The van der Waals surface area contributed by atoms with Crippen molar-refractivity contribution in [1.82, 2.24) is 10.3 Å². The summed E-state index contributed by atoms with van der Waals surface area (Å²) in [4.78, 5) is 15.5. The molecule has 0 unspecified atom stereocenters. The predicted molar refractivity (Wildman–Crippen MR) is 54.4 cm³/mol. The van der Waals surface area contributed by atoms with E-state index in [4.69, 9.17) is 5.73 Å². The summed E-state index contributed by atoms with van der Waals surface area (Å²) in [6, 6.07) is 0. The minimum Gasteiger partial charge on any atom is -0.382 e. The molecule has 5 nitrogen and oxygen atoms in total. The average Bonchev–Trinajstić information content (AvgIpc) is 2.56. The number of halogens is 1. The number of hydrogen-bond acceptors (Lipinski definition) is 5. The number of nitrogen functional groups attached to an aromatic ring is 1. The van der Waals surface area contributed by atoms with E-state index in [1.54, 1.807) is 7.05 Å². The van der Waals surface area contributed by atoms with Crippen LogP contribution in [0.2, 0.25) is 0 Å². The van der Waals surface area contributed by atoms with E-state index in [0.29, 0.717) is 10.0 Å². The zero-order valence-corrected chi connectivity index (χ0v) is 8.45. The molecule has 0 aromatic carbocycles. The Labute approximate surface area is 84.5 Å². The highest BCUT2D eigenvalue weighted by atomic mass is 32.1. The second-order valence-electron chi connectivity index (χ2n) is 2.43. The lowest BCUT2D eigenvalue weighted by Gasteiger charge is -1.98. The second kappa shape index (κ2) is 4.75. The lowest BCUT2D eigenvalue weighted by atomic mass is 10.4. The number of amides is 1. The Bertz CT molecular complexity index is 327. The summed E-state index contributed by atoms with van der Waals surface area (Å²) in [5.74, 6) is -0.227. The van der Waals surface area contributed by atoms with Crippen LogP contribution in [0.15, 0.2) is 0 Å². The maximum absolute atomic E-state index is 11.8. The van der Waals surface area contributed by atoms with Crippen molar-refractivity contribution in [2.75, 3.05) is 31.3 Å². The molecule has 1 heterocycles. The smallest absolute Gasteiger partial charge is 0.265 e. The second-order valence-corrected chi connectivity index (χ2v) is 3.43. The highest BCUT2D eigenvalue weighted by molar-refractivity contribution is 7.18. The van der Waals surface area contributed by atoms with Gasteiger partial charge in [-0.05, 0) is 0 Å². The Balaban J connectivity index is 2.73. The number of anilines is 2. The van der Waals surface area contributed by atoms with E-state index >= 15 is 0 Å². The standard InChI is InChI=1S/C7H11FN4OS/c1-10-7-12-5(9)4(14-7)6(13)11-3-2-8/h2-3,9H2,1H3,(H,10,12)(H,11,13). The van der Waals surface area contributed by atoms with Crippen LogP contribution in [0.25, 0.3) is 0 Å². The van der Waals surface area contributed by atoms with Crippen LogP contribution in [-0.2, 0) is 0 Å². The summed E-state index contributed by atoms with van der Waals surface area (Å²) < 4.78 is 11.8.